The van der Waals surface area contributed by atoms with Crippen molar-refractivity contribution < 1.29 is 4.79 Å². The van der Waals surface area contributed by atoms with Gasteiger partial charge in [0.05, 0.1) is 0 Å². The summed E-state index contributed by atoms with van der Waals surface area (Å²) in [5, 5.41) is 6.25. The van der Waals surface area contributed by atoms with E-state index in [9.17, 15) is 9.59 Å². The van der Waals surface area contributed by atoms with Crippen LogP contribution in [0.1, 0.15) is 33.7 Å². The fourth-order valence-electron chi connectivity index (χ4n) is 3.44. The molecule has 0 saturated carbocycles. The van der Waals surface area contributed by atoms with E-state index in [-0.39, 0.29) is 11.6 Å². The van der Waals surface area contributed by atoms with Gasteiger partial charge in [-0.2, -0.15) is 4.98 Å². The topological polar surface area (TPSA) is 76.0 Å². The predicted octanol–water partition coefficient (Wildman–Crippen LogP) is 1.44. The Morgan fingerprint density at radius 3 is 2.73 bits per heavy atom. The molecule has 3 rings (SSSR count). The molecule has 0 radical (unpaired) electrons. The number of nitrogens with one attached hydrogen (secondary N) is 2. The highest BCUT2D eigenvalue weighted by molar-refractivity contribution is 5.94. The number of benzene rings is 1. The predicted molar refractivity (Wildman–Crippen MR) is 101 cm³/mol. The highest BCUT2D eigenvalue weighted by Crippen LogP contribution is 2.15. The number of hydrogen-bond acceptors (Lipinski definition) is 4. The summed E-state index contributed by atoms with van der Waals surface area (Å²) in [6, 6.07) is 9.68. The van der Waals surface area contributed by atoms with Crippen LogP contribution in [0.4, 0.5) is 0 Å². The molecule has 1 unspecified atom stereocenters. The van der Waals surface area contributed by atoms with Crippen LogP contribution in [0.3, 0.4) is 0 Å². The molecule has 1 fully saturated rings. The standard InChI is InChI=1S/C20H26N4O2/c1-14-11-15(2)24(20(26)23-14)10-9-22-19(25)18-5-3-16(4-6-18)12-17-7-8-21-13-17/h3-6,11,17,21H,7-10,12-13H2,1-2H3,(H,22,25). The maximum atomic E-state index is 12.3. The Labute approximate surface area is 153 Å². The lowest BCUT2D eigenvalue weighted by Gasteiger charge is -2.11. The van der Waals surface area contributed by atoms with E-state index in [1.54, 1.807) is 11.5 Å². The number of carbonyl (C=O) groups is 1. The van der Waals surface area contributed by atoms with Gasteiger partial charge < -0.3 is 10.6 Å². The van der Waals surface area contributed by atoms with E-state index in [4.69, 9.17) is 0 Å². The van der Waals surface area contributed by atoms with Crippen molar-refractivity contribution in [1.29, 1.82) is 0 Å². The third-order valence-electron chi connectivity index (χ3n) is 4.87. The SMILES string of the molecule is Cc1cc(C)n(CCNC(=O)c2ccc(CC3CCNC3)cc2)c(=O)n1. The van der Waals surface area contributed by atoms with Crippen LogP contribution >= 0.6 is 0 Å². The van der Waals surface area contributed by atoms with Crippen LogP contribution in [0.5, 0.6) is 0 Å². The molecule has 26 heavy (non-hydrogen) atoms. The Kier molecular flexibility index (Phi) is 5.83. The smallest absolute Gasteiger partial charge is 0.348 e. The average Bonchev–Trinajstić information content (AvgIpc) is 3.10. The molecule has 1 amide bonds. The number of amides is 1. The van der Waals surface area contributed by atoms with Crippen LogP contribution in [0.15, 0.2) is 35.1 Å². The molecular formula is C20H26N4O2. The molecule has 138 valence electrons. The van der Waals surface area contributed by atoms with Crippen LogP contribution < -0.4 is 16.3 Å². The number of rotatable bonds is 6. The zero-order valence-electron chi connectivity index (χ0n) is 15.4. The van der Waals surface area contributed by atoms with Gasteiger partial charge in [0, 0.05) is 30.0 Å². The highest BCUT2D eigenvalue weighted by atomic mass is 16.2. The molecule has 1 aromatic heterocycles. The van der Waals surface area contributed by atoms with E-state index >= 15 is 0 Å². The minimum absolute atomic E-state index is 0.121. The average molecular weight is 354 g/mol. The van der Waals surface area contributed by atoms with Gasteiger partial charge in [-0.3, -0.25) is 9.36 Å². The van der Waals surface area contributed by atoms with Crippen molar-refractivity contribution in [3.63, 3.8) is 0 Å². The van der Waals surface area contributed by atoms with Gasteiger partial charge in [-0.15, -0.1) is 0 Å². The number of aromatic nitrogens is 2. The maximum Gasteiger partial charge on any atom is 0.348 e. The van der Waals surface area contributed by atoms with Gasteiger partial charge >= 0.3 is 5.69 Å². The summed E-state index contributed by atoms with van der Waals surface area (Å²) in [5.41, 5.74) is 3.19. The molecular weight excluding hydrogens is 328 g/mol. The molecule has 2 N–H and O–H groups in total. The minimum atomic E-state index is -0.275. The third-order valence-corrected chi connectivity index (χ3v) is 4.87. The molecule has 1 atom stereocenters. The van der Waals surface area contributed by atoms with Crippen molar-refractivity contribution in [2.24, 2.45) is 5.92 Å². The van der Waals surface area contributed by atoms with Gasteiger partial charge in [0.1, 0.15) is 0 Å². The minimum Gasteiger partial charge on any atom is -0.350 e. The van der Waals surface area contributed by atoms with E-state index in [2.05, 4.69) is 15.6 Å². The zero-order chi connectivity index (χ0) is 18.5. The number of carbonyl (C=O) groups excluding carboxylic acids is 1. The van der Waals surface area contributed by atoms with Crippen LogP contribution in [0, 0.1) is 19.8 Å². The Balaban J connectivity index is 1.52. The lowest BCUT2D eigenvalue weighted by Crippen LogP contribution is -2.33. The first-order valence-electron chi connectivity index (χ1n) is 9.16. The van der Waals surface area contributed by atoms with Gasteiger partial charge in [0.15, 0.2) is 0 Å². The van der Waals surface area contributed by atoms with Crippen molar-refractivity contribution in [2.75, 3.05) is 19.6 Å². The first-order chi connectivity index (χ1) is 12.5. The molecule has 0 aliphatic carbocycles. The van der Waals surface area contributed by atoms with E-state index in [1.165, 1.54) is 12.0 Å². The second-order valence-corrected chi connectivity index (χ2v) is 6.99. The van der Waals surface area contributed by atoms with Crippen molar-refractivity contribution in [3.05, 3.63) is 63.3 Å². The summed E-state index contributed by atoms with van der Waals surface area (Å²) in [5.74, 6) is 0.573. The van der Waals surface area contributed by atoms with Crippen LogP contribution in [0.25, 0.3) is 0 Å². The first-order valence-corrected chi connectivity index (χ1v) is 9.16. The monoisotopic (exact) mass is 354 g/mol. The number of hydrogen-bond donors (Lipinski definition) is 2. The van der Waals surface area contributed by atoms with Crippen LogP contribution in [-0.4, -0.2) is 35.1 Å². The molecule has 1 aromatic carbocycles. The van der Waals surface area contributed by atoms with Gasteiger partial charge in [-0.1, -0.05) is 12.1 Å². The van der Waals surface area contributed by atoms with E-state index in [0.717, 1.165) is 25.2 Å². The van der Waals surface area contributed by atoms with E-state index < -0.39 is 0 Å². The Morgan fingerprint density at radius 1 is 1.31 bits per heavy atom. The Morgan fingerprint density at radius 2 is 2.08 bits per heavy atom. The second kappa shape index (κ2) is 8.27. The van der Waals surface area contributed by atoms with Crippen molar-refractivity contribution in [2.45, 2.75) is 33.2 Å². The summed E-state index contributed by atoms with van der Waals surface area (Å²) < 4.78 is 1.58. The molecule has 1 aliphatic heterocycles. The lowest BCUT2D eigenvalue weighted by atomic mass is 9.98. The Bertz CT molecular complexity index is 821. The van der Waals surface area contributed by atoms with E-state index in [1.807, 2.05) is 37.3 Å². The molecule has 0 bridgehead atoms. The molecule has 2 heterocycles. The number of aryl methyl sites for hydroxylation is 2. The van der Waals surface area contributed by atoms with Gasteiger partial charge in [0.2, 0.25) is 0 Å². The summed E-state index contributed by atoms with van der Waals surface area (Å²) in [6.45, 7) is 6.65. The van der Waals surface area contributed by atoms with Gasteiger partial charge in [0.25, 0.3) is 5.91 Å². The van der Waals surface area contributed by atoms with E-state index in [0.29, 0.717) is 30.3 Å². The molecule has 2 aromatic rings. The fraction of sp³-hybridized carbons (Fsp3) is 0.450. The summed E-state index contributed by atoms with van der Waals surface area (Å²) >= 11 is 0. The second-order valence-electron chi connectivity index (χ2n) is 6.99. The van der Waals surface area contributed by atoms with Crippen molar-refractivity contribution in [1.82, 2.24) is 20.2 Å². The summed E-state index contributed by atoms with van der Waals surface area (Å²) in [7, 11) is 0. The van der Waals surface area contributed by atoms with Gasteiger partial charge in [-0.25, -0.2) is 4.79 Å². The Hall–Kier alpha value is -2.47. The molecule has 1 saturated heterocycles. The van der Waals surface area contributed by atoms with Crippen molar-refractivity contribution in [3.8, 4) is 0 Å². The quantitative estimate of drug-likeness (QED) is 0.823. The van der Waals surface area contributed by atoms with Crippen molar-refractivity contribution >= 4 is 5.91 Å². The first kappa shape index (κ1) is 18.3. The normalized spacial score (nSPS) is 16.6. The maximum absolute atomic E-state index is 12.3. The highest BCUT2D eigenvalue weighted by Gasteiger charge is 2.15. The molecule has 0 spiro atoms. The zero-order valence-corrected chi connectivity index (χ0v) is 15.4. The fourth-order valence-corrected chi connectivity index (χ4v) is 3.44. The largest absolute Gasteiger partial charge is 0.350 e. The summed E-state index contributed by atoms with van der Waals surface area (Å²) in [6.07, 6.45) is 2.27. The van der Waals surface area contributed by atoms with Crippen LogP contribution in [0.2, 0.25) is 0 Å². The molecule has 6 nitrogen and oxygen atoms in total. The van der Waals surface area contributed by atoms with Gasteiger partial charge in [-0.05, 0) is 69.5 Å². The molecule has 1 aliphatic rings. The summed E-state index contributed by atoms with van der Waals surface area (Å²) in [4.78, 5) is 28.1. The van der Waals surface area contributed by atoms with Crippen LogP contribution in [-0.2, 0) is 13.0 Å². The third kappa shape index (κ3) is 4.58. The number of nitrogens with zero attached hydrogens (tertiary/aromatic N) is 2. The molecule has 6 heteroatoms. The lowest BCUT2D eigenvalue weighted by molar-refractivity contribution is 0.0952.